The minimum absolute atomic E-state index is 0.218. The molecule has 3 N–H and O–H groups in total. The number of benzene rings is 2. The van der Waals surface area contributed by atoms with Crippen LogP contribution in [0.3, 0.4) is 0 Å². The van der Waals surface area contributed by atoms with Crippen LogP contribution in [0.5, 0.6) is 0 Å². The Morgan fingerprint density at radius 3 is 2.81 bits per heavy atom. The second-order valence-corrected chi connectivity index (χ2v) is 8.17. The van der Waals surface area contributed by atoms with Gasteiger partial charge < -0.3 is 20.5 Å². The van der Waals surface area contributed by atoms with E-state index >= 15 is 4.39 Å². The molecule has 0 saturated carbocycles. The van der Waals surface area contributed by atoms with Gasteiger partial charge in [0.1, 0.15) is 11.6 Å². The van der Waals surface area contributed by atoms with Crippen LogP contribution in [0, 0.1) is 24.5 Å². The van der Waals surface area contributed by atoms with Crippen LogP contribution in [0.4, 0.5) is 13.6 Å². The summed E-state index contributed by atoms with van der Waals surface area (Å²) in [7, 11) is 1.28. The minimum Gasteiger partial charge on any atom is -0.453 e. The summed E-state index contributed by atoms with van der Waals surface area (Å²) in [6.45, 7) is 3.58. The number of rotatable bonds is 7. The molecule has 1 amide bonds. The lowest BCUT2D eigenvalue weighted by molar-refractivity contribution is -0.0420. The Balaban J connectivity index is 2.04. The minimum atomic E-state index is -1.47. The van der Waals surface area contributed by atoms with Gasteiger partial charge in [0, 0.05) is 30.6 Å². The zero-order chi connectivity index (χ0) is 22.4. The first-order valence-corrected chi connectivity index (χ1v) is 10.7. The first kappa shape index (κ1) is 23.2. The number of nitrogens with one attached hydrogen (secondary N) is 2. The maximum absolute atomic E-state index is 15.1. The molecule has 7 heteroatoms. The molecular weight excluding hydrogens is 402 g/mol. The van der Waals surface area contributed by atoms with Gasteiger partial charge in [0.2, 0.25) is 0 Å². The second kappa shape index (κ2) is 10.2. The van der Waals surface area contributed by atoms with Gasteiger partial charge in [-0.3, -0.25) is 0 Å². The number of piperidine rings is 1. The van der Waals surface area contributed by atoms with Gasteiger partial charge in [-0.15, -0.1) is 0 Å². The first-order valence-electron chi connectivity index (χ1n) is 10.7. The summed E-state index contributed by atoms with van der Waals surface area (Å²) in [6.07, 6.45) is 1.71. The van der Waals surface area contributed by atoms with E-state index in [4.69, 9.17) is 0 Å². The molecule has 0 aliphatic carbocycles. The Bertz CT molecular complexity index is 916. The van der Waals surface area contributed by atoms with E-state index in [1.165, 1.54) is 13.2 Å². The predicted molar refractivity (Wildman–Crippen MR) is 116 cm³/mol. The molecule has 31 heavy (non-hydrogen) atoms. The highest BCUT2D eigenvalue weighted by atomic mass is 19.1. The molecule has 5 nitrogen and oxygen atoms in total. The molecule has 2 aromatic rings. The number of alkyl carbamates (subject to hydrolysis) is 1. The van der Waals surface area contributed by atoms with E-state index < -0.39 is 23.3 Å². The molecule has 1 aliphatic heterocycles. The predicted octanol–water partition coefficient (Wildman–Crippen LogP) is 4.26. The second-order valence-electron chi connectivity index (χ2n) is 8.17. The lowest BCUT2D eigenvalue weighted by Crippen LogP contribution is -2.45. The molecule has 0 bridgehead atoms. The third kappa shape index (κ3) is 5.40. The van der Waals surface area contributed by atoms with Gasteiger partial charge >= 0.3 is 6.09 Å². The summed E-state index contributed by atoms with van der Waals surface area (Å²) in [6, 6.07) is 9.44. The molecule has 0 radical (unpaired) electrons. The number of ether oxygens (including phenoxy) is 1. The van der Waals surface area contributed by atoms with E-state index in [1.807, 2.05) is 25.1 Å². The van der Waals surface area contributed by atoms with Crippen molar-refractivity contribution in [3.63, 3.8) is 0 Å². The van der Waals surface area contributed by atoms with Crippen LogP contribution in [-0.4, -0.2) is 37.9 Å². The molecule has 2 aromatic carbocycles. The average Bonchev–Trinajstić information content (AvgIpc) is 2.76. The Hall–Kier alpha value is -2.51. The lowest BCUT2D eigenvalue weighted by atomic mass is 9.72. The molecule has 0 spiro atoms. The highest BCUT2D eigenvalue weighted by Crippen LogP contribution is 2.43. The fourth-order valence-electron chi connectivity index (χ4n) is 4.45. The summed E-state index contributed by atoms with van der Waals surface area (Å²) < 4.78 is 34.1. The quantitative estimate of drug-likeness (QED) is 0.572. The van der Waals surface area contributed by atoms with Gasteiger partial charge in [0.15, 0.2) is 0 Å². The maximum Gasteiger partial charge on any atom is 0.406 e. The average molecular weight is 433 g/mol. The number of halogens is 2. The van der Waals surface area contributed by atoms with Gasteiger partial charge in [-0.25, -0.2) is 13.6 Å². The van der Waals surface area contributed by atoms with Crippen LogP contribution >= 0.6 is 0 Å². The van der Waals surface area contributed by atoms with Crippen molar-refractivity contribution in [1.29, 1.82) is 0 Å². The van der Waals surface area contributed by atoms with Gasteiger partial charge in [-0.05, 0) is 56.3 Å². The number of methoxy groups -OCH3 is 1. The van der Waals surface area contributed by atoms with E-state index in [2.05, 4.69) is 15.4 Å². The third-order valence-electron chi connectivity index (χ3n) is 5.99. The Morgan fingerprint density at radius 2 is 2.13 bits per heavy atom. The smallest absolute Gasteiger partial charge is 0.406 e. The van der Waals surface area contributed by atoms with Gasteiger partial charge in [0.25, 0.3) is 0 Å². The summed E-state index contributed by atoms with van der Waals surface area (Å²) in [4.78, 5) is 11.4. The molecule has 0 aromatic heterocycles. The van der Waals surface area contributed by atoms with Crippen molar-refractivity contribution in [2.45, 2.75) is 38.2 Å². The van der Waals surface area contributed by atoms with E-state index in [-0.39, 0.29) is 30.0 Å². The number of aliphatic hydroxyl groups is 1. The number of hydrogen-bond donors (Lipinski definition) is 3. The molecule has 3 rings (SSSR count). The number of aryl methyl sites for hydroxylation is 1. The molecule has 1 saturated heterocycles. The van der Waals surface area contributed by atoms with Gasteiger partial charge in [0.05, 0.1) is 12.7 Å². The van der Waals surface area contributed by atoms with Crippen LogP contribution < -0.4 is 10.6 Å². The van der Waals surface area contributed by atoms with E-state index in [1.54, 1.807) is 6.07 Å². The fourth-order valence-corrected chi connectivity index (χ4v) is 4.45. The van der Waals surface area contributed by atoms with E-state index in [0.717, 1.165) is 31.0 Å². The van der Waals surface area contributed by atoms with Crippen molar-refractivity contribution in [3.05, 3.63) is 59.2 Å². The number of carbonyl (C=O) groups is 1. The topological polar surface area (TPSA) is 70.6 Å². The zero-order valence-corrected chi connectivity index (χ0v) is 18.0. The summed E-state index contributed by atoms with van der Waals surface area (Å²) in [5.74, 6) is -1.64. The summed E-state index contributed by atoms with van der Waals surface area (Å²) >= 11 is 0. The van der Waals surface area contributed by atoms with Crippen molar-refractivity contribution in [1.82, 2.24) is 10.6 Å². The van der Waals surface area contributed by atoms with E-state index in [0.29, 0.717) is 18.5 Å². The third-order valence-corrected chi connectivity index (χ3v) is 5.99. The molecule has 1 heterocycles. The standard InChI is InChI=1S/C24H30F2N2O3/c1-16-6-3-7-17(12-16)22-20(13-19(25)14-21(22)26)24(30,18-8-4-10-27-15-18)9-5-11-28-23(29)31-2/h3,6-7,12-14,18,27,30H,4-5,8-11,15H2,1-2H3,(H,28,29)/t18-,24?/m1/s1. The van der Waals surface area contributed by atoms with Gasteiger partial charge in [-0.2, -0.15) is 0 Å². The van der Waals surface area contributed by atoms with Crippen molar-refractivity contribution in [2.75, 3.05) is 26.7 Å². The van der Waals surface area contributed by atoms with Crippen LogP contribution in [0.15, 0.2) is 36.4 Å². The number of hydrogen-bond acceptors (Lipinski definition) is 4. The zero-order valence-electron chi connectivity index (χ0n) is 18.0. The summed E-state index contributed by atoms with van der Waals surface area (Å²) in [5, 5.41) is 17.9. The number of carbonyl (C=O) groups excluding carboxylic acids is 1. The van der Waals surface area contributed by atoms with Crippen molar-refractivity contribution in [2.24, 2.45) is 5.92 Å². The summed E-state index contributed by atoms with van der Waals surface area (Å²) in [5.41, 5.74) is 0.550. The van der Waals surface area contributed by atoms with Crippen LogP contribution in [0.25, 0.3) is 11.1 Å². The van der Waals surface area contributed by atoms with Crippen LogP contribution in [-0.2, 0) is 10.3 Å². The molecule has 1 unspecified atom stereocenters. The normalized spacial score (nSPS) is 18.3. The largest absolute Gasteiger partial charge is 0.453 e. The molecule has 1 aliphatic rings. The van der Waals surface area contributed by atoms with Crippen molar-refractivity contribution < 1.29 is 23.4 Å². The van der Waals surface area contributed by atoms with E-state index in [9.17, 15) is 14.3 Å². The molecular formula is C24H30F2N2O3. The van der Waals surface area contributed by atoms with Crippen molar-refractivity contribution in [3.8, 4) is 11.1 Å². The van der Waals surface area contributed by atoms with Crippen molar-refractivity contribution >= 4 is 6.09 Å². The Kier molecular flexibility index (Phi) is 7.62. The highest BCUT2D eigenvalue weighted by molar-refractivity contribution is 5.70. The van der Waals surface area contributed by atoms with Crippen LogP contribution in [0.2, 0.25) is 0 Å². The van der Waals surface area contributed by atoms with Gasteiger partial charge in [-0.1, -0.05) is 29.8 Å². The molecule has 1 fully saturated rings. The maximum atomic E-state index is 15.1. The SMILES string of the molecule is COC(=O)NCCCC(O)(c1cc(F)cc(F)c1-c1cccc(C)c1)[C@@H]1CCCNC1. The van der Waals surface area contributed by atoms with Crippen LogP contribution in [0.1, 0.15) is 36.8 Å². The Morgan fingerprint density at radius 1 is 1.32 bits per heavy atom. The molecule has 168 valence electrons. The fraction of sp³-hybridized carbons (Fsp3) is 0.458. The molecule has 2 atom stereocenters. The monoisotopic (exact) mass is 432 g/mol. The number of amides is 1. The first-order chi connectivity index (χ1) is 14.8. The highest BCUT2D eigenvalue weighted by Gasteiger charge is 2.41. The Labute approximate surface area is 181 Å². The lowest BCUT2D eigenvalue weighted by Gasteiger charge is -2.40.